The zero-order valence-electron chi connectivity index (χ0n) is 17.9. The van der Waals surface area contributed by atoms with E-state index in [0.717, 1.165) is 44.0 Å². The first-order chi connectivity index (χ1) is 14.5. The average Bonchev–Trinajstić information content (AvgIpc) is 2.78. The maximum Gasteiger partial charge on any atom is 0.337 e. The lowest BCUT2D eigenvalue weighted by Crippen LogP contribution is -3.12. The summed E-state index contributed by atoms with van der Waals surface area (Å²) >= 11 is 0. The lowest BCUT2D eigenvalue weighted by Gasteiger charge is -2.33. The van der Waals surface area contributed by atoms with Crippen molar-refractivity contribution in [3.8, 4) is 5.75 Å². The van der Waals surface area contributed by atoms with Crippen molar-refractivity contribution < 1.29 is 24.0 Å². The van der Waals surface area contributed by atoms with Crippen molar-refractivity contribution in [3.63, 3.8) is 0 Å². The van der Waals surface area contributed by atoms with Gasteiger partial charge in [0, 0.05) is 5.56 Å². The van der Waals surface area contributed by atoms with Crippen LogP contribution in [0.15, 0.2) is 42.5 Å². The zero-order valence-corrected chi connectivity index (χ0v) is 17.9. The molecule has 7 nitrogen and oxygen atoms in total. The van der Waals surface area contributed by atoms with Crippen LogP contribution in [0.2, 0.25) is 0 Å². The van der Waals surface area contributed by atoms with Crippen LogP contribution in [0.25, 0.3) is 0 Å². The molecular formula is C23H30N3O4+. The van der Waals surface area contributed by atoms with Gasteiger partial charge in [-0.05, 0) is 48.9 Å². The number of quaternary nitrogens is 1. The van der Waals surface area contributed by atoms with Gasteiger partial charge >= 0.3 is 5.97 Å². The molecule has 1 aliphatic rings. The monoisotopic (exact) mass is 412 g/mol. The number of methoxy groups -OCH3 is 1. The maximum atomic E-state index is 12.9. The van der Waals surface area contributed by atoms with Gasteiger partial charge in [0.1, 0.15) is 5.75 Å². The van der Waals surface area contributed by atoms with E-state index in [1.165, 1.54) is 12.0 Å². The summed E-state index contributed by atoms with van der Waals surface area (Å²) in [6.45, 7) is 6.49. The average molecular weight is 413 g/mol. The van der Waals surface area contributed by atoms with Crippen molar-refractivity contribution in [1.82, 2.24) is 0 Å². The quantitative estimate of drug-likeness (QED) is 0.679. The minimum atomic E-state index is -0.433. The fraction of sp³-hybridized carbons (Fsp3) is 0.391. The van der Waals surface area contributed by atoms with E-state index >= 15 is 0 Å². The second-order valence-electron chi connectivity index (χ2n) is 7.49. The smallest absolute Gasteiger partial charge is 0.337 e. The molecule has 3 rings (SSSR count). The van der Waals surface area contributed by atoms with Gasteiger partial charge in [0.25, 0.3) is 5.91 Å². The molecule has 0 unspecified atom stereocenters. The molecule has 1 fully saturated rings. The molecule has 2 aromatic carbocycles. The predicted octanol–water partition coefficient (Wildman–Crippen LogP) is 1.85. The van der Waals surface area contributed by atoms with Crippen molar-refractivity contribution in [1.29, 1.82) is 0 Å². The molecule has 2 N–H and O–H groups in total. The predicted molar refractivity (Wildman–Crippen MR) is 117 cm³/mol. The van der Waals surface area contributed by atoms with Crippen LogP contribution in [0, 0.1) is 0 Å². The number of anilines is 2. The lowest BCUT2D eigenvalue weighted by molar-refractivity contribution is -0.880. The summed E-state index contributed by atoms with van der Waals surface area (Å²) in [5.41, 5.74) is 2.44. The van der Waals surface area contributed by atoms with Crippen LogP contribution >= 0.6 is 0 Å². The van der Waals surface area contributed by atoms with Gasteiger partial charge in [-0.25, -0.2) is 4.79 Å². The van der Waals surface area contributed by atoms with E-state index < -0.39 is 5.97 Å². The highest BCUT2D eigenvalue weighted by molar-refractivity contribution is 6.07. The van der Waals surface area contributed by atoms with Gasteiger partial charge in [-0.2, -0.15) is 0 Å². The van der Waals surface area contributed by atoms with E-state index in [0.29, 0.717) is 23.4 Å². The lowest BCUT2D eigenvalue weighted by atomic mass is 10.1. The van der Waals surface area contributed by atoms with Crippen molar-refractivity contribution >= 4 is 23.3 Å². The highest BCUT2D eigenvalue weighted by Crippen LogP contribution is 2.28. The normalized spacial score (nSPS) is 14.3. The molecule has 7 heteroatoms. The van der Waals surface area contributed by atoms with Crippen LogP contribution in [0.1, 0.15) is 34.1 Å². The number of benzene rings is 2. The van der Waals surface area contributed by atoms with Gasteiger partial charge < -0.3 is 24.6 Å². The molecule has 0 bridgehead atoms. The van der Waals surface area contributed by atoms with E-state index in [1.54, 1.807) is 36.4 Å². The SMILES string of the molecule is CCCOc1ccc(C(=O)Nc2cc(C(=O)OC)ccc2N2CC[NH+](C)CC2)cc1. The number of rotatable bonds is 7. The number of hydrogen-bond donors (Lipinski definition) is 2. The number of carbonyl (C=O) groups excluding carboxylic acids is 2. The van der Waals surface area contributed by atoms with Gasteiger partial charge in [0.15, 0.2) is 0 Å². The number of amides is 1. The second-order valence-corrected chi connectivity index (χ2v) is 7.49. The molecule has 160 valence electrons. The molecule has 0 radical (unpaired) electrons. The van der Waals surface area contributed by atoms with Gasteiger partial charge in [-0.3, -0.25) is 4.79 Å². The fourth-order valence-corrected chi connectivity index (χ4v) is 3.40. The van der Waals surface area contributed by atoms with E-state index in [4.69, 9.17) is 9.47 Å². The Labute approximate surface area is 177 Å². The molecule has 0 atom stereocenters. The zero-order chi connectivity index (χ0) is 21.5. The summed E-state index contributed by atoms with van der Waals surface area (Å²) in [5.74, 6) is 0.0686. The number of nitrogens with one attached hydrogen (secondary N) is 2. The first-order valence-corrected chi connectivity index (χ1v) is 10.3. The van der Waals surface area contributed by atoms with E-state index in [9.17, 15) is 9.59 Å². The Hall–Kier alpha value is -3.06. The molecule has 30 heavy (non-hydrogen) atoms. The molecule has 0 aromatic heterocycles. The number of esters is 1. The summed E-state index contributed by atoms with van der Waals surface area (Å²) < 4.78 is 10.4. The Balaban J connectivity index is 1.82. The van der Waals surface area contributed by atoms with Gasteiger partial charge in [0.05, 0.1) is 63.9 Å². The van der Waals surface area contributed by atoms with Gasteiger partial charge in [-0.1, -0.05) is 6.92 Å². The van der Waals surface area contributed by atoms with Gasteiger partial charge in [-0.15, -0.1) is 0 Å². The molecule has 1 aliphatic heterocycles. The third kappa shape index (κ3) is 5.30. The van der Waals surface area contributed by atoms with Crippen LogP contribution in [0.4, 0.5) is 11.4 Å². The molecule has 0 saturated carbocycles. The van der Waals surface area contributed by atoms with Crippen LogP contribution in [0.3, 0.4) is 0 Å². The van der Waals surface area contributed by atoms with Crippen molar-refractivity contribution in [3.05, 3.63) is 53.6 Å². The standard InChI is InChI=1S/C23H29N3O4/c1-4-15-30-19-8-5-17(6-9-19)22(27)24-20-16-18(23(28)29-3)7-10-21(20)26-13-11-25(2)12-14-26/h5-10,16H,4,11-15H2,1-3H3,(H,24,27)/p+1. The first kappa shape index (κ1) is 21.6. The third-order valence-electron chi connectivity index (χ3n) is 5.21. The van der Waals surface area contributed by atoms with Crippen LogP contribution in [-0.4, -0.2) is 58.8 Å². The van der Waals surface area contributed by atoms with E-state index in [-0.39, 0.29) is 5.91 Å². The molecule has 0 spiro atoms. The maximum absolute atomic E-state index is 12.9. The summed E-state index contributed by atoms with van der Waals surface area (Å²) in [6, 6.07) is 12.4. The van der Waals surface area contributed by atoms with Crippen molar-refractivity contribution in [2.45, 2.75) is 13.3 Å². The van der Waals surface area contributed by atoms with Crippen LogP contribution in [-0.2, 0) is 4.74 Å². The minimum absolute atomic E-state index is 0.236. The number of carbonyl (C=O) groups is 2. The van der Waals surface area contributed by atoms with Crippen molar-refractivity contribution in [2.75, 3.05) is 57.2 Å². The van der Waals surface area contributed by atoms with Crippen molar-refractivity contribution in [2.24, 2.45) is 0 Å². The minimum Gasteiger partial charge on any atom is -0.494 e. The second kappa shape index (κ2) is 10.1. The molecular weight excluding hydrogens is 382 g/mol. The Bertz CT molecular complexity index is 875. The highest BCUT2D eigenvalue weighted by Gasteiger charge is 2.22. The van der Waals surface area contributed by atoms with Crippen LogP contribution in [0.5, 0.6) is 5.75 Å². The Morgan fingerprint density at radius 1 is 1.07 bits per heavy atom. The summed E-state index contributed by atoms with van der Waals surface area (Å²) in [6.07, 6.45) is 0.926. The molecule has 1 saturated heterocycles. The third-order valence-corrected chi connectivity index (χ3v) is 5.21. The molecule has 0 aliphatic carbocycles. The highest BCUT2D eigenvalue weighted by atomic mass is 16.5. The topological polar surface area (TPSA) is 72.3 Å². The summed E-state index contributed by atoms with van der Waals surface area (Å²) in [7, 11) is 3.52. The Morgan fingerprint density at radius 3 is 2.37 bits per heavy atom. The fourth-order valence-electron chi connectivity index (χ4n) is 3.40. The van der Waals surface area contributed by atoms with E-state index in [1.807, 2.05) is 13.0 Å². The Kier molecular flexibility index (Phi) is 7.30. The summed E-state index contributed by atoms with van der Waals surface area (Å²) in [5, 5.41) is 2.98. The number of nitrogens with zero attached hydrogens (tertiary/aromatic N) is 1. The van der Waals surface area contributed by atoms with Gasteiger partial charge in [0.2, 0.25) is 0 Å². The Morgan fingerprint density at radius 2 is 1.73 bits per heavy atom. The number of ether oxygens (including phenoxy) is 2. The number of hydrogen-bond acceptors (Lipinski definition) is 5. The molecule has 2 aromatic rings. The number of likely N-dealkylation sites (N-methyl/N-ethyl adjacent to an activating group) is 1. The first-order valence-electron chi connectivity index (χ1n) is 10.3. The van der Waals surface area contributed by atoms with E-state index in [2.05, 4.69) is 17.3 Å². The largest absolute Gasteiger partial charge is 0.494 e. The molecule has 1 amide bonds. The van der Waals surface area contributed by atoms with Crippen LogP contribution < -0.4 is 19.9 Å². The number of piperazine rings is 1. The molecule has 1 heterocycles. The summed E-state index contributed by atoms with van der Waals surface area (Å²) in [4.78, 5) is 28.6.